The van der Waals surface area contributed by atoms with Crippen molar-refractivity contribution in [3.63, 3.8) is 0 Å². The summed E-state index contributed by atoms with van der Waals surface area (Å²) >= 11 is 0. The van der Waals surface area contributed by atoms with Crippen LogP contribution in [-0.2, 0) is 11.3 Å². The minimum Gasteiger partial charge on any atom is -0.497 e. The van der Waals surface area contributed by atoms with Gasteiger partial charge in [0.25, 0.3) is 0 Å². The highest BCUT2D eigenvalue weighted by molar-refractivity contribution is 5.76. The molecule has 0 saturated heterocycles. The summed E-state index contributed by atoms with van der Waals surface area (Å²) in [6.45, 7) is 1.61. The zero-order valence-electron chi connectivity index (χ0n) is 12.4. The number of carbonyl (C=O) groups excluding carboxylic acids is 1. The van der Waals surface area contributed by atoms with E-state index in [9.17, 15) is 4.79 Å². The van der Waals surface area contributed by atoms with Crippen molar-refractivity contribution >= 4 is 5.91 Å². The summed E-state index contributed by atoms with van der Waals surface area (Å²) in [4.78, 5) is 14.3. The molecule has 0 radical (unpaired) electrons. The van der Waals surface area contributed by atoms with Crippen molar-refractivity contribution in [2.45, 2.75) is 38.3 Å². The van der Waals surface area contributed by atoms with Crippen LogP contribution in [0, 0.1) is 0 Å². The smallest absolute Gasteiger partial charge is 0.223 e. The van der Waals surface area contributed by atoms with E-state index in [0.29, 0.717) is 19.0 Å². The van der Waals surface area contributed by atoms with E-state index >= 15 is 0 Å². The van der Waals surface area contributed by atoms with Crippen LogP contribution >= 0.6 is 0 Å². The summed E-state index contributed by atoms with van der Waals surface area (Å²) in [5, 5.41) is 3.08. The minimum absolute atomic E-state index is 0.276. The van der Waals surface area contributed by atoms with Crippen LogP contribution in [0.1, 0.15) is 31.2 Å². The number of amides is 1. The van der Waals surface area contributed by atoms with E-state index in [2.05, 4.69) is 5.32 Å². The third kappa shape index (κ3) is 4.23. The van der Waals surface area contributed by atoms with Gasteiger partial charge in [-0.2, -0.15) is 0 Å². The predicted molar refractivity (Wildman–Crippen MR) is 79.7 cm³/mol. The second kappa shape index (κ2) is 7.29. The van der Waals surface area contributed by atoms with Crippen LogP contribution in [0.25, 0.3) is 0 Å². The Morgan fingerprint density at radius 1 is 1.35 bits per heavy atom. The van der Waals surface area contributed by atoms with E-state index in [1.54, 1.807) is 7.11 Å². The molecule has 1 amide bonds. The van der Waals surface area contributed by atoms with Crippen LogP contribution in [0.3, 0.4) is 0 Å². The van der Waals surface area contributed by atoms with Gasteiger partial charge in [-0.1, -0.05) is 12.1 Å². The van der Waals surface area contributed by atoms with Gasteiger partial charge in [0.1, 0.15) is 5.75 Å². The number of hydrogen-bond donors (Lipinski definition) is 1. The first-order valence-electron chi connectivity index (χ1n) is 7.31. The third-order valence-corrected chi connectivity index (χ3v) is 3.64. The van der Waals surface area contributed by atoms with Gasteiger partial charge in [0, 0.05) is 19.0 Å². The number of carbonyl (C=O) groups is 1. The van der Waals surface area contributed by atoms with E-state index in [1.165, 1.54) is 5.56 Å². The molecule has 0 atom stereocenters. The number of rotatable bonds is 8. The number of benzene rings is 1. The topological polar surface area (TPSA) is 41.6 Å². The van der Waals surface area contributed by atoms with Crippen molar-refractivity contribution in [1.82, 2.24) is 10.2 Å². The van der Waals surface area contributed by atoms with Gasteiger partial charge in [0.2, 0.25) is 5.91 Å². The van der Waals surface area contributed by atoms with Crippen molar-refractivity contribution in [2.75, 3.05) is 20.7 Å². The Morgan fingerprint density at radius 3 is 2.60 bits per heavy atom. The molecular formula is C16H24N2O2. The van der Waals surface area contributed by atoms with Crippen molar-refractivity contribution in [2.24, 2.45) is 0 Å². The molecule has 0 aromatic heterocycles. The fraction of sp³-hybridized carbons (Fsp3) is 0.562. The molecule has 0 spiro atoms. The summed E-state index contributed by atoms with van der Waals surface area (Å²) in [5.74, 6) is 1.13. The summed E-state index contributed by atoms with van der Waals surface area (Å²) in [5.41, 5.74) is 1.17. The summed E-state index contributed by atoms with van der Waals surface area (Å²) in [6.07, 6.45) is 3.83. The highest BCUT2D eigenvalue weighted by Crippen LogP contribution is 2.29. The lowest BCUT2D eigenvalue weighted by molar-refractivity contribution is -0.132. The lowest BCUT2D eigenvalue weighted by Crippen LogP contribution is -2.32. The van der Waals surface area contributed by atoms with Crippen LogP contribution in [0.15, 0.2) is 24.3 Å². The van der Waals surface area contributed by atoms with Crippen LogP contribution < -0.4 is 10.1 Å². The molecule has 0 unspecified atom stereocenters. The SMILES string of the molecule is CNCCCC(=O)N(Cc1ccc(OC)cc1)C1CC1. The molecule has 2 rings (SSSR count). The van der Waals surface area contributed by atoms with Gasteiger partial charge in [-0.3, -0.25) is 4.79 Å². The monoisotopic (exact) mass is 276 g/mol. The second-order valence-electron chi connectivity index (χ2n) is 5.31. The van der Waals surface area contributed by atoms with Crippen molar-refractivity contribution in [3.8, 4) is 5.75 Å². The van der Waals surface area contributed by atoms with E-state index in [-0.39, 0.29) is 5.91 Å². The standard InChI is InChI=1S/C16H24N2O2/c1-17-11-3-4-16(19)18(14-7-8-14)12-13-5-9-15(20-2)10-6-13/h5-6,9-10,14,17H,3-4,7-8,11-12H2,1-2H3. The fourth-order valence-electron chi connectivity index (χ4n) is 2.29. The number of hydrogen-bond acceptors (Lipinski definition) is 3. The van der Waals surface area contributed by atoms with Gasteiger partial charge in [0.05, 0.1) is 7.11 Å². The molecule has 0 aliphatic heterocycles. The second-order valence-corrected chi connectivity index (χ2v) is 5.31. The van der Waals surface area contributed by atoms with Crippen molar-refractivity contribution in [3.05, 3.63) is 29.8 Å². The van der Waals surface area contributed by atoms with E-state index in [1.807, 2.05) is 36.2 Å². The lowest BCUT2D eigenvalue weighted by atomic mass is 10.2. The molecule has 0 heterocycles. The Bertz CT molecular complexity index is 427. The quantitative estimate of drug-likeness (QED) is 0.740. The first-order valence-corrected chi connectivity index (χ1v) is 7.31. The van der Waals surface area contributed by atoms with E-state index in [0.717, 1.165) is 31.6 Å². The highest BCUT2D eigenvalue weighted by Gasteiger charge is 2.31. The zero-order valence-corrected chi connectivity index (χ0v) is 12.4. The molecule has 1 fully saturated rings. The Morgan fingerprint density at radius 2 is 2.05 bits per heavy atom. The summed E-state index contributed by atoms with van der Waals surface area (Å²) < 4.78 is 5.16. The Kier molecular flexibility index (Phi) is 5.41. The maximum Gasteiger partial charge on any atom is 0.223 e. The first-order chi connectivity index (χ1) is 9.74. The first kappa shape index (κ1) is 14.9. The van der Waals surface area contributed by atoms with Crippen LogP contribution in [0.2, 0.25) is 0 Å². The molecule has 20 heavy (non-hydrogen) atoms. The molecule has 4 nitrogen and oxygen atoms in total. The summed E-state index contributed by atoms with van der Waals surface area (Å²) in [6, 6.07) is 8.43. The van der Waals surface area contributed by atoms with Crippen LogP contribution in [0.4, 0.5) is 0 Å². The molecule has 1 aliphatic rings. The van der Waals surface area contributed by atoms with Gasteiger partial charge < -0.3 is 15.0 Å². The lowest BCUT2D eigenvalue weighted by Gasteiger charge is -2.22. The van der Waals surface area contributed by atoms with E-state index < -0.39 is 0 Å². The molecule has 1 aliphatic carbocycles. The molecular weight excluding hydrogens is 252 g/mol. The van der Waals surface area contributed by atoms with Gasteiger partial charge in [-0.25, -0.2) is 0 Å². The number of ether oxygens (including phenoxy) is 1. The van der Waals surface area contributed by atoms with Crippen molar-refractivity contribution in [1.29, 1.82) is 0 Å². The van der Waals surface area contributed by atoms with Crippen LogP contribution in [0.5, 0.6) is 5.75 Å². The zero-order chi connectivity index (χ0) is 14.4. The van der Waals surface area contributed by atoms with Crippen LogP contribution in [-0.4, -0.2) is 37.6 Å². The van der Waals surface area contributed by atoms with Gasteiger partial charge >= 0.3 is 0 Å². The Labute approximate surface area is 121 Å². The molecule has 1 N–H and O–H groups in total. The predicted octanol–water partition coefficient (Wildman–Crippen LogP) is 2.19. The number of nitrogens with one attached hydrogen (secondary N) is 1. The normalized spacial score (nSPS) is 14.1. The maximum atomic E-state index is 12.3. The number of nitrogens with zero attached hydrogens (tertiary/aromatic N) is 1. The highest BCUT2D eigenvalue weighted by atomic mass is 16.5. The fourth-order valence-corrected chi connectivity index (χ4v) is 2.29. The maximum absolute atomic E-state index is 12.3. The Balaban J connectivity index is 1.92. The Hall–Kier alpha value is -1.55. The molecule has 1 aromatic carbocycles. The van der Waals surface area contributed by atoms with Gasteiger partial charge in [0.15, 0.2) is 0 Å². The number of methoxy groups -OCH3 is 1. The summed E-state index contributed by atoms with van der Waals surface area (Å²) in [7, 11) is 3.58. The molecule has 0 bridgehead atoms. The van der Waals surface area contributed by atoms with Crippen molar-refractivity contribution < 1.29 is 9.53 Å². The minimum atomic E-state index is 0.276. The van der Waals surface area contributed by atoms with E-state index in [4.69, 9.17) is 4.74 Å². The molecule has 1 aromatic rings. The third-order valence-electron chi connectivity index (χ3n) is 3.64. The molecule has 4 heteroatoms. The molecule has 110 valence electrons. The average Bonchev–Trinajstić information content (AvgIpc) is 3.30. The van der Waals surface area contributed by atoms with Gasteiger partial charge in [-0.15, -0.1) is 0 Å². The largest absolute Gasteiger partial charge is 0.497 e. The average molecular weight is 276 g/mol. The molecule has 1 saturated carbocycles. The van der Waals surface area contributed by atoms with Gasteiger partial charge in [-0.05, 0) is 50.6 Å².